The van der Waals surface area contributed by atoms with Gasteiger partial charge in [0.05, 0.1) is 13.2 Å². The van der Waals surface area contributed by atoms with Crippen LogP contribution in [0.4, 0.5) is 0 Å². The Balaban J connectivity index is 1.60. The molecule has 1 aliphatic heterocycles. The number of nitrogens with two attached hydrogens (primary N) is 1. The largest absolute Gasteiger partial charge is 0.465 e. The number of esters is 1. The van der Waals surface area contributed by atoms with Crippen LogP contribution in [0.15, 0.2) is 6.07 Å². The number of nitrogens with zero attached hydrogens (tertiary/aromatic N) is 1. The Bertz CT molecular complexity index is 607. The van der Waals surface area contributed by atoms with E-state index in [2.05, 4.69) is 0 Å². The molecule has 1 aliphatic carbocycles. The summed E-state index contributed by atoms with van der Waals surface area (Å²) >= 11 is 1.47. The van der Waals surface area contributed by atoms with Crippen LogP contribution < -0.4 is 5.73 Å². The fourth-order valence-electron chi connectivity index (χ4n) is 3.84. The van der Waals surface area contributed by atoms with Crippen molar-refractivity contribution in [1.29, 1.82) is 0 Å². The van der Waals surface area contributed by atoms with Crippen LogP contribution in [0.25, 0.3) is 0 Å². The molecule has 0 aromatic carbocycles. The summed E-state index contributed by atoms with van der Waals surface area (Å²) in [6.45, 7) is 1.24. The highest BCUT2D eigenvalue weighted by Gasteiger charge is 2.29. The van der Waals surface area contributed by atoms with E-state index < -0.39 is 6.04 Å². The summed E-state index contributed by atoms with van der Waals surface area (Å²) in [4.78, 5) is 28.0. The summed E-state index contributed by atoms with van der Waals surface area (Å²) in [6, 6.07) is 1.46. The van der Waals surface area contributed by atoms with Crippen molar-refractivity contribution in [2.45, 2.75) is 57.5 Å². The summed E-state index contributed by atoms with van der Waals surface area (Å²) in [5, 5.41) is 0. The first-order valence-corrected chi connectivity index (χ1v) is 9.64. The van der Waals surface area contributed by atoms with Gasteiger partial charge in [-0.25, -0.2) is 4.79 Å². The number of carbonyl (C=O) groups is 2. The molecular formula is C18H26N2O3S. The molecule has 1 fully saturated rings. The lowest BCUT2D eigenvalue weighted by molar-refractivity contribution is -0.134. The van der Waals surface area contributed by atoms with E-state index in [1.165, 1.54) is 55.4 Å². The summed E-state index contributed by atoms with van der Waals surface area (Å²) < 4.78 is 4.78. The Hall–Kier alpha value is -1.40. The van der Waals surface area contributed by atoms with Crippen LogP contribution >= 0.6 is 11.3 Å². The van der Waals surface area contributed by atoms with Gasteiger partial charge in [0.25, 0.3) is 0 Å². The van der Waals surface area contributed by atoms with Crippen molar-refractivity contribution in [3.05, 3.63) is 21.4 Å². The van der Waals surface area contributed by atoms with E-state index in [1.807, 2.05) is 11.0 Å². The van der Waals surface area contributed by atoms with Crippen molar-refractivity contribution in [2.75, 3.05) is 13.7 Å². The molecule has 2 aliphatic rings. The van der Waals surface area contributed by atoms with Crippen LogP contribution in [0.2, 0.25) is 0 Å². The van der Waals surface area contributed by atoms with E-state index in [1.54, 1.807) is 0 Å². The smallest absolute Gasteiger partial charge is 0.348 e. The van der Waals surface area contributed by atoms with E-state index >= 15 is 0 Å². The Labute approximate surface area is 147 Å². The van der Waals surface area contributed by atoms with E-state index in [0.29, 0.717) is 23.9 Å². The SMILES string of the molecule is COC(=O)c1cc2c(s1)CCN(C(=O)C(N)CC1CCCCC1)C2. The lowest BCUT2D eigenvalue weighted by Crippen LogP contribution is -2.46. The highest BCUT2D eigenvalue weighted by atomic mass is 32.1. The molecule has 1 saturated carbocycles. The van der Waals surface area contributed by atoms with Gasteiger partial charge in [-0.3, -0.25) is 4.79 Å². The van der Waals surface area contributed by atoms with Gasteiger partial charge >= 0.3 is 5.97 Å². The number of hydrogen-bond donors (Lipinski definition) is 1. The molecule has 24 heavy (non-hydrogen) atoms. The van der Waals surface area contributed by atoms with Crippen molar-refractivity contribution in [1.82, 2.24) is 4.90 Å². The summed E-state index contributed by atoms with van der Waals surface area (Å²) in [6.07, 6.45) is 7.86. The van der Waals surface area contributed by atoms with E-state index in [4.69, 9.17) is 10.5 Å². The number of fused-ring (bicyclic) bond motifs is 1. The van der Waals surface area contributed by atoms with Gasteiger partial charge in [0.15, 0.2) is 0 Å². The minimum absolute atomic E-state index is 0.0528. The maximum atomic E-state index is 12.7. The lowest BCUT2D eigenvalue weighted by atomic mass is 9.84. The maximum Gasteiger partial charge on any atom is 0.348 e. The first-order valence-electron chi connectivity index (χ1n) is 8.82. The summed E-state index contributed by atoms with van der Waals surface area (Å²) in [5.74, 6) is 0.350. The highest BCUT2D eigenvalue weighted by Crippen LogP contribution is 2.30. The van der Waals surface area contributed by atoms with Crippen LogP contribution in [-0.2, 0) is 22.5 Å². The molecule has 6 heteroatoms. The number of methoxy groups -OCH3 is 1. The summed E-state index contributed by atoms with van der Waals surface area (Å²) in [5.41, 5.74) is 7.27. The molecule has 2 N–H and O–H groups in total. The Kier molecular flexibility index (Phi) is 5.56. The number of thiophene rings is 1. The average molecular weight is 350 g/mol. The molecule has 0 bridgehead atoms. The number of amides is 1. The zero-order valence-electron chi connectivity index (χ0n) is 14.3. The van der Waals surface area contributed by atoms with Gasteiger partial charge < -0.3 is 15.4 Å². The van der Waals surface area contributed by atoms with Crippen molar-refractivity contribution < 1.29 is 14.3 Å². The number of carbonyl (C=O) groups excluding carboxylic acids is 2. The Morgan fingerprint density at radius 3 is 2.83 bits per heavy atom. The topological polar surface area (TPSA) is 72.6 Å². The predicted octanol–water partition coefficient (Wildman–Crippen LogP) is 2.72. The average Bonchev–Trinajstić information content (AvgIpc) is 3.04. The van der Waals surface area contributed by atoms with Crippen LogP contribution in [0.5, 0.6) is 0 Å². The second-order valence-electron chi connectivity index (χ2n) is 6.91. The van der Waals surface area contributed by atoms with Crippen molar-refractivity contribution in [2.24, 2.45) is 11.7 Å². The fraction of sp³-hybridized carbons (Fsp3) is 0.667. The maximum absolute atomic E-state index is 12.7. The van der Waals surface area contributed by atoms with E-state index in [9.17, 15) is 9.59 Å². The molecule has 0 saturated heterocycles. The molecule has 2 heterocycles. The predicted molar refractivity (Wildman–Crippen MR) is 93.9 cm³/mol. The fourth-order valence-corrected chi connectivity index (χ4v) is 4.92. The molecule has 132 valence electrons. The summed E-state index contributed by atoms with van der Waals surface area (Å²) in [7, 11) is 1.39. The lowest BCUT2D eigenvalue weighted by Gasteiger charge is -2.31. The first-order chi connectivity index (χ1) is 11.6. The van der Waals surface area contributed by atoms with Gasteiger partial charge in [0, 0.05) is 18.0 Å². The van der Waals surface area contributed by atoms with Crippen LogP contribution in [0, 0.1) is 5.92 Å². The van der Waals surface area contributed by atoms with Gasteiger partial charge in [-0.05, 0) is 30.4 Å². The number of ether oxygens (including phenoxy) is 1. The molecule has 5 nitrogen and oxygen atoms in total. The van der Waals surface area contributed by atoms with Crippen LogP contribution in [0.1, 0.15) is 58.6 Å². The van der Waals surface area contributed by atoms with Crippen LogP contribution in [0.3, 0.4) is 0 Å². The molecular weight excluding hydrogens is 324 g/mol. The quantitative estimate of drug-likeness (QED) is 0.848. The number of rotatable bonds is 4. The van der Waals surface area contributed by atoms with E-state index in [0.717, 1.165) is 18.4 Å². The molecule has 0 spiro atoms. The van der Waals surface area contributed by atoms with Gasteiger partial charge in [0.1, 0.15) is 4.88 Å². The van der Waals surface area contributed by atoms with E-state index in [-0.39, 0.29) is 11.9 Å². The third kappa shape index (κ3) is 3.81. The van der Waals surface area contributed by atoms with Gasteiger partial charge in [-0.2, -0.15) is 0 Å². The molecule has 0 radical (unpaired) electrons. The molecule has 1 aromatic rings. The monoisotopic (exact) mass is 350 g/mol. The first kappa shape index (κ1) is 17.4. The second-order valence-corrected chi connectivity index (χ2v) is 8.04. The normalized spacial score (nSPS) is 19.7. The van der Waals surface area contributed by atoms with Crippen molar-refractivity contribution in [3.8, 4) is 0 Å². The van der Waals surface area contributed by atoms with Gasteiger partial charge in [0.2, 0.25) is 5.91 Å². The van der Waals surface area contributed by atoms with Crippen molar-refractivity contribution in [3.63, 3.8) is 0 Å². The third-order valence-electron chi connectivity index (χ3n) is 5.19. The van der Waals surface area contributed by atoms with Crippen LogP contribution in [-0.4, -0.2) is 36.5 Å². The zero-order chi connectivity index (χ0) is 17.1. The molecule has 1 aromatic heterocycles. The minimum atomic E-state index is -0.395. The second kappa shape index (κ2) is 7.66. The highest BCUT2D eigenvalue weighted by molar-refractivity contribution is 7.14. The molecule has 1 atom stereocenters. The van der Waals surface area contributed by atoms with Gasteiger partial charge in [-0.15, -0.1) is 11.3 Å². The minimum Gasteiger partial charge on any atom is -0.465 e. The molecule has 1 amide bonds. The number of hydrogen-bond acceptors (Lipinski definition) is 5. The Morgan fingerprint density at radius 2 is 2.12 bits per heavy atom. The van der Waals surface area contributed by atoms with Gasteiger partial charge in [-0.1, -0.05) is 32.1 Å². The van der Waals surface area contributed by atoms with Crippen molar-refractivity contribution >= 4 is 23.2 Å². The standard InChI is InChI=1S/C18H26N2O3S/c1-23-18(22)16-10-13-11-20(8-7-15(13)24-16)17(21)14(19)9-12-5-3-2-4-6-12/h10,12,14H,2-9,11,19H2,1H3. The molecule has 1 unspecified atom stereocenters. The molecule has 3 rings (SSSR count). The Morgan fingerprint density at radius 1 is 1.38 bits per heavy atom. The zero-order valence-corrected chi connectivity index (χ0v) is 15.1. The third-order valence-corrected chi connectivity index (χ3v) is 6.41.